The van der Waals surface area contributed by atoms with Crippen molar-refractivity contribution < 1.29 is 9.53 Å². The highest BCUT2D eigenvalue weighted by atomic mass is 32.1. The van der Waals surface area contributed by atoms with Crippen LogP contribution in [0.5, 0.6) is 0 Å². The van der Waals surface area contributed by atoms with E-state index in [9.17, 15) is 4.79 Å². The summed E-state index contributed by atoms with van der Waals surface area (Å²) in [6.45, 7) is 2.09. The predicted octanol–water partition coefficient (Wildman–Crippen LogP) is 5.23. The Kier molecular flexibility index (Phi) is 5.55. The fourth-order valence-corrected chi connectivity index (χ4v) is 4.46. The number of aromatic nitrogens is 1. The van der Waals surface area contributed by atoms with Gasteiger partial charge in [0.1, 0.15) is 4.88 Å². The van der Waals surface area contributed by atoms with Gasteiger partial charge in [-0.15, -0.1) is 22.7 Å². The van der Waals surface area contributed by atoms with Crippen LogP contribution in [0.15, 0.2) is 59.0 Å². The third-order valence-electron chi connectivity index (χ3n) is 4.16. The summed E-state index contributed by atoms with van der Waals surface area (Å²) in [5.41, 5.74) is 12.4. The molecule has 0 amide bonds. The van der Waals surface area contributed by atoms with Crippen LogP contribution in [0, 0.1) is 0 Å². The fourth-order valence-electron chi connectivity index (χ4n) is 2.79. The minimum atomic E-state index is -0.388. The van der Waals surface area contributed by atoms with E-state index in [1.165, 1.54) is 22.7 Å². The summed E-state index contributed by atoms with van der Waals surface area (Å²) in [6.07, 6.45) is 1.70. The van der Waals surface area contributed by atoms with E-state index in [0.717, 1.165) is 26.9 Å². The van der Waals surface area contributed by atoms with Crippen LogP contribution in [0.3, 0.4) is 0 Å². The van der Waals surface area contributed by atoms with E-state index in [2.05, 4.69) is 15.5 Å². The van der Waals surface area contributed by atoms with Crippen molar-refractivity contribution in [2.75, 3.05) is 17.8 Å². The summed E-state index contributed by atoms with van der Waals surface area (Å²) >= 11 is 2.82. The molecule has 2 aromatic carbocycles. The summed E-state index contributed by atoms with van der Waals surface area (Å²) in [5.74, 6) is -0.388. The molecule has 0 bridgehead atoms. The van der Waals surface area contributed by atoms with Gasteiger partial charge in [-0.2, -0.15) is 5.10 Å². The number of nitrogens with zero attached hydrogens (tertiary/aromatic N) is 2. The molecule has 0 aliphatic rings. The molecule has 0 saturated heterocycles. The van der Waals surface area contributed by atoms with Gasteiger partial charge in [-0.3, -0.25) is 5.43 Å². The number of nitrogen functional groups attached to an aromatic ring is 1. The molecule has 146 valence electrons. The zero-order valence-corrected chi connectivity index (χ0v) is 17.2. The molecule has 2 aromatic heterocycles. The number of hydrazone groups is 1. The van der Waals surface area contributed by atoms with E-state index in [4.69, 9.17) is 10.5 Å². The normalized spacial score (nSPS) is 11.2. The Morgan fingerprint density at radius 3 is 2.90 bits per heavy atom. The third-order valence-corrected chi connectivity index (χ3v) is 6.07. The monoisotopic (exact) mass is 422 g/mol. The summed E-state index contributed by atoms with van der Waals surface area (Å²) in [4.78, 5) is 17.0. The molecule has 8 heteroatoms. The summed E-state index contributed by atoms with van der Waals surface area (Å²) in [6, 6.07) is 15.8. The number of esters is 1. The van der Waals surface area contributed by atoms with Crippen molar-refractivity contribution in [3.05, 3.63) is 64.4 Å². The maximum atomic E-state index is 12.0. The van der Waals surface area contributed by atoms with E-state index >= 15 is 0 Å². The molecule has 2 heterocycles. The number of thiazole rings is 1. The van der Waals surface area contributed by atoms with E-state index in [-0.39, 0.29) is 5.97 Å². The van der Waals surface area contributed by atoms with Gasteiger partial charge in [0, 0.05) is 21.0 Å². The van der Waals surface area contributed by atoms with Gasteiger partial charge < -0.3 is 10.5 Å². The summed E-state index contributed by atoms with van der Waals surface area (Å²) < 4.78 is 6.00. The van der Waals surface area contributed by atoms with Crippen LogP contribution < -0.4 is 11.2 Å². The van der Waals surface area contributed by atoms with Crippen molar-refractivity contribution >= 4 is 55.8 Å². The summed E-state index contributed by atoms with van der Waals surface area (Å²) in [7, 11) is 0. The zero-order chi connectivity index (χ0) is 20.2. The highest BCUT2D eigenvalue weighted by Gasteiger charge is 2.17. The van der Waals surface area contributed by atoms with Crippen LogP contribution in [-0.4, -0.2) is 23.8 Å². The van der Waals surface area contributed by atoms with E-state index in [1.54, 1.807) is 13.1 Å². The van der Waals surface area contributed by atoms with Crippen LogP contribution in [0.2, 0.25) is 0 Å². The van der Waals surface area contributed by atoms with Crippen molar-refractivity contribution in [3.63, 3.8) is 0 Å². The van der Waals surface area contributed by atoms with Gasteiger partial charge >= 0.3 is 5.97 Å². The Labute approximate surface area is 175 Å². The Balaban J connectivity index is 1.49. The summed E-state index contributed by atoms with van der Waals surface area (Å²) in [5, 5.41) is 7.79. The number of benzene rings is 2. The number of rotatable bonds is 6. The number of nitrogens with two attached hydrogens (primary N) is 1. The number of nitrogens with one attached hydrogen (secondary N) is 1. The van der Waals surface area contributed by atoms with Crippen molar-refractivity contribution in [3.8, 4) is 11.3 Å². The zero-order valence-electron chi connectivity index (χ0n) is 15.6. The third kappa shape index (κ3) is 4.13. The second-order valence-corrected chi connectivity index (χ2v) is 8.01. The Bertz CT molecular complexity index is 1180. The molecule has 0 spiro atoms. The highest BCUT2D eigenvalue weighted by molar-refractivity contribution is 7.21. The Hall–Kier alpha value is -3.23. The first-order valence-electron chi connectivity index (χ1n) is 8.95. The van der Waals surface area contributed by atoms with E-state index < -0.39 is 0 Å². The van der Waals surface area contributed by atoms with Crippen LogP contribution in [-0.2, 0) is 4.74 Å². The van der Waals surface area contributed by atoms with Gasteiger partial charge in [-0.1, -0.05) is 36.4 Å². The first-order valence-corrected chi connectivity index (χ1v) is 10.6. The number of hydrogen-bond donors (Lipinski definition) is 2. The van der Waals surface area contributed by atoms with Crippen molar-refractivity contribution in [2.45, 2.75) is 6.92 Å². The lowest BCUT2D eigenvalue weighted by Crippen LogP contribution is -2.04. The molecule has 0 aliphatic carbocycles. The molecule has 6 nitrogen and oxygen atoms in total. The van der Waals surface area contributed by atoms with Crippen LogP contribution in [0.4, 0.5) is 10.8 Å². The smallest absolute Gasteiger partial charge is 0.350 e. The van der Waals surface area contributed by atoms with Crippen LogP contribution in [0.1, 0.15) is 22.2 Å². The molecular weight excluding hydrogens is 404 g/mol. The standard InChI is InChI=1S/C21H18N4O2S2/c1-2-27-20(26)19-18(22)15-10-13(8-9-17(15)29-19)11-23-25-21-24-16(12-28-21)14-6-4-3-5-7-14/h3-12H,2,22H2,1H3,(H,24,25). The first kappa shape index (κ1) is 19.1. The molecule has 4 aromatic rings. The molecule has 0 radical (unpaired) electrons. The van der Waals surface area contributed by atoms with Crippen LogP contribution in [0.25, 0.3) is 21.3 Å². The number of fused-ring (bicyclic) bond motifs is 1. The lowest BCUT2D eigenvalue weighted by molar-refractivity contribution is 0.0533. The number of carbonyl (C=O) groups is 1. The number of carbonyl (C=O) groups excluding carboxylic acids is 1. The number of anilines is 2. The molecule has 3 N–H and O–H groups in total. The molecule has 29 heavy (non-hydrogen) atoms. The SMILES string of the molecule is CCOC(=O)c1sc2ccc(C=NNc3nc(-c4ccccc4)cs3)cc2c1N. The number of thiophene rings is 1. The Morgan fingerprint density at radius 1 is 1.28 bits per heavy atom. The average molecular weight is 423 g/mol. The first-order chi connectivity index (χ1) is 14.2. The van der Waals surface area contributed by atoms with Gasteiger partial charge in [0.15, 0.2) is 0 Å². The molecule has 0 atom stereocenters. The van der Waals surface area contributed by atoms with Gasteiger partial charge in [0.25, 0.3) is 0 Å². The largest absolute Gasteiger partial charge is 0.462 e. The minimum Gasteiger partial charge on any atom is -0.462 e. The van der Waals surface area contributed by atoms with E-state index in [1.807, 2.05) is 53.9 Å². The molecule has 4 rings (SSSR count). The van der Waals surface area contributed by atoms with Gasteiger partial charge in [-0.05, 0) is 24.6 Å². The molecule has 0 saturated carbocycles. The number of ether oxygens (including phenoxy) is 1. The van der Waals surface area contributed by atoms with Crippen LogP contribution >= 0.6 is 22.7 Å². The maximum Gasteiger partial charge on any atom is 0.350 e. The van der Waals surface area contributed by atoms with Crippen molar-refractivity contribution in [1.29, 1.82) is 0 Å². The average Bonchev–Trinajstić information content (AvgIpc) is 3.34. The lowest BCUT2D eigenvalue weighted by atomic mass is 10.1. The Morgan fingerprint density at radius 2 is 2.10 bits per heavy atom. The quantitative estimate of drug-likeness (QED) is 0.252. The van der Waals surface area contributed by atoms with E-state index in [0.29, 0.717) is 22.3 Å². The fraction of sp³-hybridized carbons (Fsp3) is 0.0952. The molecule has 0 aliphatic heterocycles. The molecule has 0 unspecified atom stereocenters. The highest BCUT2D eigenvalue weighted by Crippen LogP contribution is 2.34. The molecular formula is C21H18N4O2S2. The topological polar surface area (TPSA) is 89.6 Å². The van der Waals surface area contributed by atoms with Crippen molar-refractivity contribution in [1.82, 2.24) is 4.98 Å². The number of hydrogen-bond acceptors (Lipinski definition) is 8. The van der Waals surface area contributed by atoms with Gasteiger partial charge in [-0.25, -0.2) is 9.78 Å². The predicted molar refractivity (Wildman–Crippen MR) is 121 cm³/mol. The van der Waals surface area contributed by atoms with Crippen molar-refractivity contribution in [2.24, 2.45) is 5.10 Å². The van der Waals surface area contributed by atoms with Gasteiger partial charge in [0.05, 0.1) is 24.2 Å². The second-order valence-electron chi connectivity index (χ2n) is 6.09. The maximum absolute atomic E-state index is 12.0. The lowest BCUT2D eigenvalue weighted by Gasteiger charge is -1.99. The molecule has 0 fully saturated rings. The minimum absolute atomic E-state index is 0.318. The van der Waals surface area contributed by atoms with Gasteiger partial charge in [0.2, 0.25) is 5.13 Å². The second kappa shape index (κ2) is 8.42.